The third-order valence-electron chi connectivity index (χ3n) is 2.92. The van der Waals surface area contributed by atoms with Gasteiger partial charge in [0.05, 0.1) is 17.5 Å². The second kappa shape index (κ2) is 6.93. The van der Waals surface area contributed by atoms with Crippen LogP contribution in [-0.2, 0) is 10.0 Å². The molecule has 0 spiro atoms. The van der Waals surface area contributed by atoms with Crippen LogP contribution in [0.4, 0.5) is 5.69 Å². The van der Waals surface area contributed by atoms with E-state index in [4.69, 9.17) is 0 Å². The maximum absolute atomic E-state index is 11.9. The van der Waals surface area contributed by atoms with E-state index < -0.39 is 10.0 Å². The second-order valence-corrected chi connectivity index (χ2v) is 7.90. The fourth-order valence-electron chi connectivity index (χ4n) is 1.82. The first-order valence-electron chi connectivity index (χ1n) is 6.72. The lowest BCUT2D eigenvalue weighted by atomic mass is 10.1. The number of thiophene rings is 1. The Labute approximate surface area is 139 Å². The molecule has 0 aliphatic carbocycles. The van der Waals surface area contributed by atoms with Gasteiger partial charge in [-0.05, 0) is 37.6 Å². The first-order valence-corrected chi connectivity index (χ1v) is 9.50. The summed E-state index contributed by atoms with van der Waals surface area (Å²) in [6.07, 6.45) is 1.09. The minimum absolute atomic E-state index is 0.260. The molecular formula is C15H17N3O3S2. The van der Waals surface area contributed by atoms with Crippen LogP contribution in [0.1, 0.15) is 27.7 Å². The van der Waals surface area contributed by atoms with Gasteiger partial charge in [0, 0.05) is 15.9 Å². The zero-order valence-corrected chi connectivity index (χ0v) is 14.6. The number of carbonyl (C=O) groups is 1. The Hall–Kier alpha value is -2.19. The minimum Gasteiger partial charge on any atom is -0.284 e. The summed E-state index contributed by atoms with van der Waals surface area (Å²) in [5.41, 5.74) is 4.97. The van der Waals surface area contributed by atoms with Gasteiger partial charge in [0.25, 0.3) is 5.91 Å². The number of carbonyl (C=O) groups excluding carboxylic acids is 1. The quantitative estimate of drug-likeness (QED) is 0.641. The summed E-state index contributed by atoms with van der Waals surface area (Å²) >= 11 is 1.50. The van der Waals surface area contributed by atoms with Crippen molar-refractivity contribution >= 4 is 38.7 Å². The normalized spacial score (nSPS) is 12.0. The maximum Gasteiger partial charge on any atom is 0.272 e. The van der Waals surface area contributed by atoms with Crippen molar-refractivity contribution in [2.45, 2.75) is 13.8 Å². The fourth-order valence-corrected chi connectivity index (χ4v) is 3.07. The van der Waals surface area contributed by atoms with Crippen molar-refractivity contribution in [3.8, 4) is 0 Å². The molecule has 8 heteroatoms. The number of sulfonamides is 1. The van der Waals surface area contributed by atoms with Crippen LogP contribution in [0, 0.1) is 6.92 Å². The summed E-state index contributed by atoms with van der Waals surface area (Å²) in [6.45, 7) is 3.69. The average Bonchev–Trinajstić information content (AvgIpc) is 2.90. The topological polar surface area (TPSA) is 87.6 Å². The van der Waals surface area contributed by atoms with Crippen molar-refractivity contribution in [3.05, 3.63) is 51.7 Å². The van der Waals surface area contributed by atoms with Gasteiger partial charge in [0.1, 0.15) is 0 Å². The van der Waals surface area contributed by atoms with E-state index in [-0.39, 0.29) is 5.91 Å². The van der Waals surface area contributed by atoms with E-state index in [0.29, 0.717) is 17.0 Å². The summed E-state index contributed by atoms with van der Waals surface area (Å²) in [7, 11) is -3.30. The molecule has 122 valence electrons. The molecular weight excluding hydrogens is 334 g/mol. The van der Waals surface area contributed by atoms with Gasteiger partial charge in [-0.15, -0.1) is 11.3 Å². The Morgan fingerprint density at radius 1 is 1.17 bits per heavy atom. The predicted molar refractivity (Wildman–Crippen MR) is 93.6 cm³/mol. The number of anilines is 1. The number of hydrogen-bond acceptors (Lipinski definition) is 5. The van der Waals surface area contributed by atoms with Crippen LogP contribution < -0.4 is 10.1 Å². The highest BCUT2D eigenvalue weighted by atomic mass is 32.2. The largest absolute Gasteiger partial charge is 0.284 e. The van der Waals surface area contributed by atoms with Crippen LogP contribution >= 0.6 is 11.3 Å². The molecule has 0 unspecified atom stereocenters. The Balaban J connectivity index is 2.04. The predicted octanol–water partition coefficient (Wildman–Crippen LogP) is 2.58. The molecule has 6 nitrogen and oxygen atoms in total. The van der Waals surface area contributed by atoms with Crippen LogP contribution in [-0.4, -0.2) is 26.3 Å². The van der Waals surface area contributed by atoms with Gasteiger partial charge in [-0.2, -0.15) is 5.10 Å². The van der Waals surface area contributed by atoms with Crippen LogP contribution in [0.2, 0.25) is 0 Å². The molecule has 0 atom stereocenters. The summed E-state index contributed by atoms with van der Waals surface area (Å²) in [4.78, 5) is 13.0. The van der Waals surface area contributed by atoms with E-state index in [1.54, 1.807) is 42.6 Å². The molecule has 2 rings (SSSR count). The second-order valence-electron chi connectivity index (χ2n) is 5.04. The van der Waals surface area contributed by atoms with Crippen molar-refractivity contribution in [2.24, 2.45) is 5.10 Å². The first-order chi connectivity index (χ1) is 10.7. The zero-order chi connectivity index (χ0) is 17.0. The SMILES string of the molecule is C/C(=N\NC(=O)c1csc(C)c1)c1ccc(NS(C)(=O)=O)cc1. The number of nitrogens with one attached hydrogen (secondary N) is 2. The molecule has 23 heavy (non-hydrogen) atoms. The highest BCUT2D eigenvalue weighted by Crippen LogP contribution is 2.13. The maximum atomic E-state index is 11.9. The van der Waals surface area contributed by atoms with Gasteiger partial charge < -0.3 is 0 Å². The monoisotopic (exact) mass is 351 g/mol. The molecule has 0 saturated heterocycles. The van der Waals surface area contributed by atoms with E-state index >= 15 is 0 Å². The number of nitrogens with zero attached hydrogens (tertiary/aromatic N) is 1. The Bertz CT molecular complexity index is 837. The van der Waals surface area contributed by atoms with E-state index in [0.717, 1.165) is 16.7 Å². The Morgan fingerprint density at radius 2 is 1.83 bits per heavy atom. The van der Waals surface area contributed by atoms with Crippen molar-refractivity contribution in [1.82, 2.24) is 5.43 Å². The average molecular weight is 351 g/mol. The van der Waals surface area contributed by atoms with Crippen molar-refractivity contribution in [1.29, 1.82) is 0 Å². The zero-order valence-electron chi connectivity index (χ0n) is 13.0. The van der Waals surface area contributed by atoms with Gasteiger partial charge in [0.2, 0.25) is 10.0 Å². The molecule has 0 saturated carbocycles. The van der Waals surface area contributed by atoms with Gasteiger partial charge in [-0.3, -0.25) is 9.52 Å². The third-order valence-corrected chi connectivity index (χ3v) is 4.39. The summed E-state index contributed by atoms with van der Waals surface area (Å²) in [5.74, 6) is -0.260. The van der Waals surface area contributed by atoms with Crippen LogP contribution in [0.5, 0.6) is 0 Å². The molecule has 1 heterocycles. The number of hydrogen-bond donors (Lipinski definition) is 2. The van der Waals surface area contributed by atoms with Crippen LogP contribution in [0.25, 0.3) is 0 Å². The molecule has 1 aromatic carbocycles. The Kier molecular flexibility index (Phi) is 5.17. The van der Waals surface area contributed by atoms with Gasteiger partial charge in [-0.25, -0.2) is 13.8 Å². The number of benzene rings is 1. The van der Waals surface area contributed by atoms with Crippen molar-refractivity contribution < 1.29 is 13.2 Å². The van der Waals surface area contributed by atoms with Crippen molar-refractivity contribution in [3.63, 3.8) is 0 Å². The molecule has 1 aromatic heterocycles. The summed E-state index contributed by atoms with van der Waals surface area (Å²) < 4.78 is 24.7. The van der Waals surface area contributed by atoms with Crippen molar-refractivity contribution in [2.75, 3.05) is 11.0 Å². The Morgan fingerprint density at radius 3 is 2.35 bits per heavy atom. The number of amides is 1. The standard InChI is InChI=1S/C15H17N3O3S2/c1-10-8-13(9-22-10)15(19)17-16-11(2)12-4-6-14(7-5-12)18-23(3,20)21/h4-9,18H,1-3H3,(H,17,19)/b16-11+. The number of hydrazone groups is 1. The highest BCUT2D eigenvalue weighted by Gasteiger charge is 2.07. The third kappa shape index (κ3) is 5.19. The molecule has 0 fully saturated rings. The molecule has 2 aromatic rings. The molecule has 0 bridgehead atoms. The van der Waals surface area contributed by atoms with E-state index in [1.807, 2.05) is 6.92 Å². The first kappa shape index (κ1) is 17.2. The molecule has 2 N–H and O–H groups in total. The minimum atomic E-state index is -3.30. The molecule has 0 aliphatic heterocycles. The lowest BCUT2D eigenvalue weighted by Crippen LogP contribution is -2.18. The van der Waals surface area contributed by atoms with E-state index in [9.17, 15) is 13.2 Å². The lowest BCUT2D eigenvalue weighted by Gasteiger charge is -2.06. The van der Waals surface area contributed by atoms with E-state index in [2.05, 4.69) is 15.2 Å². The summed E-state index contributed by atoms with van der Waals surface area (Å²) in [6, 6.07) is 8.54. The number of aryl methyl sites for hydroxylation is 1. The van der Waals surface area contributed by atoms with Crippen LogP contribution in [0.15, 0.2) is 40.8 Å². The summed E-state index contributed by atoms with van der Waals surface area (Å²) in [5, 5.41) is 5.85. The molecule has 0 aliphatic rings. The van der Waals surface area contributed by atoms with E-state index in [1.165, 1.54) is 11.3 Å². The van der Waals surface area contributed by atoms with Gasteiger partial charge in [0.15, 0.2) is 0 Å². The smallest absolute Gasteiger partial charge is 0.272 e. The van der Waals surface area contributed by atoms with Gasteiger partial charge in [-0.1, -0.05) is 12.1 Å². The molecule has 1 amide bonds. The lowest BCUT2D eigenvalue weighted by molar-refractivity contribution is 0.0955. The van der Waals surface area contributed by atoms with Crippen LogP contribution in [0.3, 0.4) is 0 Å². The van der Waals surface area contributed by atoms with Gasteiger partial charge >= 0.3 is 0 Å². The highest BCUT2D eigenvalue weighted by molar-refractivity contribution is 7.92. The fraction of sp³-hybridized carbons (Fsp3) is 0.200. The number of rotatable bonds is 5. The molecule has 0 radical (unpaired) electrons.